The van der Waals surface area contributed by atoms with Crippen molar-refractivity contribution in [3.63, 3.8) is 0 Å². The normalized spacial score (nSPS) is 13.1. The van der Waals surface area contributed by atoms with E-state index < -0.39 is 0 Å². The molecule has 1 unspecified atom stereocenters. The first kappa shape index (κ1) is 11.7. The smallest absolute Gasteiger partial charge is 0.122 e. The van der Waals surface area contributed by atoms with Crippen LogP contribution in [0.15, 0.2) is 5.38 Å². The minimum Gasteiger partial charge on any atom is -0.374 e. The Morgan fingerprint density at radius 3 is 2.79 bits per heavy atom. The van der Waals surface area contributed by atoms with Gasteiger partial charge in [0.15, 0.2) is 0 Å². The highest BCUT2D eigenvalue weighted by Gasteiger charge is 2.13. The molecule has 1 heterocycles. The highest BCUT2D eigenvalue weighted by atomic mass is 32.1. The maximum Gasteiger partial charge on any atom is 0.122 e. The average molecular weight is 213 g/mol. The van der Waals surface area contributed by atoms with Crippen molar-refractivity contribution >= 4 is 11.3 Å². The molecule has 80 valence electrons. The molecule has 0 aromatic carbocycles. The van der Waals surface area contributed by atoms with Gasteiger partial charge in [-0.25, -0.2) is 4.98 Å². The largest absolute Gasteiger partial charge is 0.374 e. The Morgan fingerprint density at radius 1 is 1.43 bits per heavy atom. The number of ether oxygens (including phenoxy) is 1. The van der Waals surface area contributed by atoms with E-state index in [9.17, 15) is 0 Å². The number of aromatic nitrogens is 1. The molecule has 0 N–H and O–H groups in total. The van der Waals surface area contributed by atoms with Gasteiger partial charge in [0, 0.05) is 12.5 Å². The first-order chi connectivity index (χ1) is 6.81. The Labute approximate surface area is 90.3 Å². The summed E-state index contributed by atoms with van der Waals surface area (Å²) in [5.41, 5.74) is 1.21. The third kappa shape index (κ3) is 3.07. The van der Waals surface area contributed by atoms with Crippen molar-refractivity contribution in [3.05, 3.63) is 16.1 Å². The monoisotopic (exact) mass is 213 g/mol. The number of nitrogens with zero attached hydrogens (tertiary/aromatic N) is 1. The van der Waals surface area contributed by atoms with Gasteiger partial charge in [-0.15, -0.1) is 11.3 Å². The maximum absolute atomic E-state index is 5.42. The summed E-state index contributed by atoms with van der Waals surface area (Å²) in [6, 6.07) is 0. The SMILES string of the molecule is CCCc1csc(C(CCC)OC)n1. The Morgan fingerprint density at radius 2 is 2.21 bits per heavy atom. The second-order valence-electron chi connectivity index (χ2n) is 3.44. The fraction of sp³-hybridized carbons (Fsp3) is 0.727. The maximum atomic E-state index is 5.42. The third-order valence-electron chi connectivity index (χ3n) is 2.19. The number of methoxy groups -OCH3 is 1. The van der Waals surface area contributed by atoms with Crippen molar-refractivity contribution in [2.24, 2.45) is 0 Å². The number of hydrogen-bond acceptors (Lipinski definition) is 3. The number of hydrogen-bond donors (Lipinski definition) is 0. The zero-order valence-corrected chi connectivity index (χ0v) is 10.1. The van der Waals surface area contributed by atoms with Crippen LogP contribution < -0.4 is 0 Å². The van der Waals surface area contributed by atoms with E-state index in [0.29, 0.717) is 0 Å². The van der Waals surface area contributed by atoms with E-state index in [-0.39, 0.29) is 6.10 Å². The van der Waals surface area contributed by atoms with Gasteiger partial charge in [-0.3, -0.25) is 0 Å². The standard InChI is InChI=1S/C11H19NOS/c1-4-6-9-8-14-11(12-9)10(13-3)7-5-2/h8,10H,4-7H2,1-3H3. The summed E-state index contributed by atoms with van der Waals surface area (Å²) in [6.07, 6.45) is 4.65. The van der Waals surface area contributed by atoms with Crippen LogP contribution in [-0.2, 0) is 11.2 Å². The molecule has 0 spiro atoms. The summed E-state index contributed by atoms with van der Waals surface area (Å²) in [5.74, 6) is 0. The molecule has 0 fully saturated rings. The van der Waals surface area contributed by atoms with Gasteiger partial charge in [0.1, 0.15) is 11.1 Å². The molecule has 0 saturated heterocycles. The van der Waals surface area contributed by atoms with Crippen LogP contribution in [0.2, 0.25) is 0 Å². The number of thiazole rings is 1. The van der Waals surface area contributed by atoms with Crippen LogP contribution in [-0.4, -0.2) is 12.1 Å². The predicted molar refractivity (Wildman–Crippen MR) is 60.8 cm³/mol. The molecule has 0 saturated carbocycles. The van der Waals surface area contributed by atoms with Gasteiger partial charge in [0.25, 0.3) is 0 Å². The van der Waals surface area contributed by atoms with E-state index >= 15 is 0 Å². The molecule has 0 bridgehead atoms. The molecule has 14 heavy (non-hydrogen) atoms. The minimum absolute atomic E-state index is 0.204. The molecule has 0 aliphatic rings. The van der Waals surface area contributed by atoms with E-state index in [1.54, 1.807) is 18.4 Å². The van der Waals surface area contributed by atoms with Gasteiger partial charge >= 0.3 is 0 Å². The van der Waals surface area contributed by atoms with Crippen molar-refractivity contribution < 1.29 is 4.74 Å². The fourth-order valence-corrected chi connectivity index (χ4v) is 2.41. The molecule has 1 aromatic heterocycles. The Bertz CT molecular complexity index is 260. The lowest BCUT2D eigenvalue weighted by Crippen LogP contribution is -2.00. The molecule has 0 radical (unpaired) electrons. The van der Waals surface area contributed by atoms with Crippen LogP contribution in [0.3, 0.4) is 0 Å². The number of aryl methyl sites for hydroxylation is 1. The van der Waals surface area contributed by atoms with Gasteiger partial charge < -0.3 is 4.74 Å². The summed E-state index contributed by atoms with van der Waals surface area (Å²) in [4.78, 5) is 4.58. The summed E-state index contributed by atoms with van der Waals surface area (Å²) in [5, 5.41) is 3.29. The van der Waals surface area contributed by atoms with Crippen LogP contribution >= 0.6 is 11.3 Å². The van der Waals surface area contributed by atoms with Gasteiger partial charge in [0.05, 0.1) is 5.69 Å². The van der Waals surface area contributed by atoms with Crippen LogP contribution in [0.5, 0.6) is 0 Å². The van der Waals surface area contributed by atoms with Gasteiger partial charge in [-0.2, -0.15) is 0 Å². The molecule has 1 atom stereocenters. The molecule has 2 nitrogen and oxygen atoms in total. The zero-order valence-electron chi connectivity index (χ0n) is 9.25. The molecular formula is C11H19NOS. The van der Waals surface area contributed by atoms with Crippen LogP contribution in [0.4, 0.5) is 0 Å². The van der Waals surface area contributed by atoms with Crippen molar-refractivity contribution in [1.29, 1.82) is 0 Å². The summed E-state index contributed by atoms with van der Waals surface area (Å²) in [7, 11) is 1.77. The van der Waals surface area contributed by atoms with Crippen LogP contribution in [0.1, 0.15) is 49.9 Å². The fourth-order valence-electron chi connectivity index (χ4n) is 1.45. The Balaban J connectivity index is 2.63. The van der Waals surface area contributed by atoms with Crippen LogP contribution in [0, 0.1) is 0 Å². The molecule has 1 aromatic rings. The quantitative estimate of drug-likeness (QED) is 0.720. The zero-order chi connectivity index (χ0) is 10.4. The van der Waals surface area contributed by atoms with Crippen molar-refractivity contribution in [2.45, 2.75) is 45.6 Å². The van der Waals surface area contributed by atoms with E-state index in [2.05, 4.69) is 24.2 Å². The van der Waals surface area contributed by atoms with E-state index in [4.69, 9.17) is 4.74 Å². The molecule has 3 heteroatoms. The first-order valence-electron chi connectivity index (χ1n) is 5.28. The Hall–Kier alpha value is -0.410. The van der Waals surface area contributed by atoms with Gasteiger partial charge in [-0.1, -0.05) is 26.7 Å². The molecule has 0 aliphatic carbocycles. The second kappa shape index (κ2) is 6.14. The van der Waals surface area contributed by atoms with Crippen molar-refractivity contribution in [1.82, 2.24) is 4.98 Å². The molecule has 0 amide bonds. The molecule has 1 rings (SSSR count). The summed E-state index contributed by atoms with van der Waals surface area (Å²) < 4.78 is 5.42. The molecule has 0 aliphatic heterocycles. The summed E-state index contributed by atoms with van der Waals surface area (Å²) in [6.45, 7) is 4.35. The van der Waals surface area contributed by atoms with E-state index in [1.807, 2.05) is 0 Å². The minimum atomic E-state index is 0.204. The lowest BCUT2D eigenvalue weighted by atomic mass is 10.2. The van der Waals surface area contributed by atoms with E-state index in [1.165, 1.54) is 5.69 Å². The van der Waals surface area contributed by atoms with Crippen molar-refractivity contribution in [3.8, 4) is 0 Å². The third-order valence-corrected chi connectivity index (χ3v) is 3.17. The Kier molecular flexibility index (Phi) is 5.12. The highest BCUT2D eigenvalue weighted by Crippen LogP contribution is 2.25. The van der Waals surface area contributed by atoms with Gasteiger partial charge in [-0.05, 0) is 12.8 Å². The van der Waals surface area contributed by atoms with Crippen molar-refractivity contribution in [2.75, 3.05) is 7.11 Å². The lowest BCUT2D eigenvalue weighted by Gasteiger charge is -2.10. The highest BCUT2D eigenvalue weighted by molar-refractivity contribution is 7.09. The van der Waals surface area contributed by atoms with E-state index in [0.717, 1.165) is 30.7 Å². The topological polar surface area (TPSA) is 22.1 Å². The van der Waals surface area contributed by atoms with Gasteiger partial charge in [0.2, 0.25) is 0 Å². The number of rotatable bonds is 6. The first-order valence-corrected chi connectivity index (χ1v) is 6.16. The predicted octanol–water partition coefficient (Wildman–Crippen LogP) is 3.58. The van der Waals surface area contributed by atoms with Crippen LogP contribution in [0.25, 0.3) is 0 Å². The summed E-state index contributed by atoms with van der Waals surface area (Å²) >= 11 is 1.73. The second-order valence-corrected chi connectivity index (χ2v) is 4.33. The molecular weight excluding hydrogens is 194 g/mol. The lowest BCUT2D eigenvalue weighted by molar-refractivity contribution is 0.0946. The average Bonchev–Trinajstić information content (AvgIpc) is 2.63.